The SMILES string of the molecule is COCCNC(=O)C(CCc1ccccc1)NC(=O)c1cc(-c2c(OC)cccc2OC)n(CC(C)C)n1. The third kappa shape index (κ3) is 7.58. The van der Waals surface area contributed by atoms with E-state index in [0.717, 1.165) is 5.56 Å². The van der Waals surface area contributed by atoms with Crippen LogP contribution in [0.1, 0.15) is 36.3 Å². The highest BCUT2D eigenvalue weighted by Crippen LogP contribution is 2.38. The number of nitrogens with one attached hydrogen (secondary N) is 2. The number of carbonyl (C=O) groups excluding carboxylic acids is 2. The van der Waals surface area contributed by atoms with Gasteiger partial charge in [-0.25, -0.2) is 0 Å². The summed E-state index contributed by atoms with van der Waals surface area (Å²) in [5.74, 6) is 0.802. The number of hydrogen-bond donors (Lipinski definition) is 2. The molecule has 3 aromatic rings. The van der Waals surface area contributed by atoms with Crippen LogP contribution < -0.4 is 20.1 Å². The van der Waals surface area contributed by atoms with E-state index in [0.29, 0.717) is 55.3 Å². The van der Waals surface area contributed by atoms with Gasteiger partial charge in [0.25, 0.3) is 5.91 Å². The number of ether oxygens (including phenoxy) is 3. The first-order chi connectivity index (χ1) is 18.4. The van der Waals surface area contributed by atoms with Gasteiger partial charge in [-0.1, -0.05) is 50.2 Å². The van der Waals surface area contributed by atoms with Crippen molar-refractivity contribution in [1.29, 1.82) is 0 Å². The molecule has 9 heteroatoms. The Morgan fingerprint density at radius 3 is 2.26 bits per heavy atom. The molecule has 0 bridgehead atoms. The zero-order valence-electron chi connectivity index (χ0n) is 22.8. The first kappa shape index (κ1) is 28.7. The van der Waals surface area contributed by atoms with Gasteiger partial charge in [-0.3, -0.25) is 14.3 Å². The fraction of sp³-hybridized carbons (Fsp3) is 0.414. The summed E-state index contributed by atoms with van der Waals surface area (Å²) < 4.78 is 18.0. The standard InChI is InChI=1S/C29H38N4O5/c1-20(2)19-33-24(27-25(37-4)12-9-13-26(27)38-5)18-23(32-33)29(35)31-22(28(34)30-16-17-36-3)15-14-21-10-7-6-8-11-21/h6-13,18,20,22H,14-17,19H2,1-5H3,(H,30,34)(H,31,35). The number of hydrogen-bond acceptors (Lipinski definition) is 6. The third-order valence-electron chi connectivity index (χ3n) is 6.03. The molecule has 1 aromatic heterocycles. The van der Waals surface area contributed by atoms with Crippen LogP contribution in [0.2, 0.25) is 0 Å². The Balaban J connectivity index is 1.90. The molecular weight excluding hydrogens is 484 g/mol. The highest BCUT2D eigenvalue weighted by molar-refractivity contribution is 5.97. The summed E-state index contributed by atoms with van der Waals surface area (Å²) in [6.07, 6.45) is 1.07. The molecule has 204 valence electrons. The zero-order chi connectivity index (χ0) is 27.5. The van der Waals surface area contributed by atoms with E-state index in [1.807, 2.05) is 48.5 Å². The van der Waals surface area contributed by atoms with Gasteiger partial charge < -0.3 is 24.8 Å². The smallest absolute Gasteiger partial charge is 0.272 e. The fourth-order valence-corrected chi connectivity index (χ4v) is 4.17. The molecule has 2 N–H and O–H groups in total. The molecule has 0 saturated carbocycles. The molecule has 1 unspecified atom stereocenters. The molecule has 1 atom stereocenters. The van der Waals surface area contributed by atoms with Crippen LogP contribution in [0.3, 0.4) is 0 Å². The van der Waals surface area contributed by atoms with Crippen molar-refractivity contribution in [3.05, 3.63) is 65.9 Å². The maximum atomic E-state index is 13.4. The second kappa shape index (κ2) is 14.2. The predicted octanol–water partition coefficient (Wildman–Crippen LogP) is 3.72. The normalized spacial score (nSPS) is 11.7. The quantitative estimate of drug-likeness (QED) is 0.313. The van der Waals surface area contributed by atoms with E-state index in [4.69, 9.17) is 14.2 Å². The van der Waals surface area contributed by atoms with Crippen LogP contribution in [0.4, 0.5) is 0 Å². The second-order valence-electron chi connectivity index (χ2n) is 9.36. The average molecular weight is 523 g/mol. The first-order valence-corrected chi connectivity index (χ1v) is 12.8. The monoisotopic (exact) mass is 522 g/mol. The van der Waals surface area contributed by atoms with Crippen molar-refractivity contribution in [3.63, 3.8) is 0 Å². The molecule has 0 aliphatic rings. The summed E-state index contributed by atoms with van der Waals surface area (Å²) in [5.41, 5.74) is 2.71. The number of amides is 2. The van der Waals surface area contributed by atoms with Gasteiger partial charge in [0.2, 0.25) is 5.91 Å². The lowest BCUT2D eigenvalue weighted by Crippen LogP contribution is -2.47. The van der Waals surface area contributed by atoms with E-state index in [1.54, 1.807) is 32.1 Å². The molecule has 2 aromatic carbocycles. The summed E-state index contributed by atoms with van der Waals surface area (Å²) in [7, 11) is 4.76. The van der Waals surface area contributed by atoms with E-state index in [-0.39, 0.29) is 17.5 Å². The van der Waals surface area contributed by atoms with Crippen LogP contribution >= 0.6 is 0 Å². The van der Waals surface area contributed by atoms with Crippen LogP contribution in [-0.4, -0.2) is 62.1 Å². The number of nitrogens with zero attached hydrogens (tertiary/aromatic N) is 2. The summed E-state index contributed by atoms with van der Waals surface area (Å²) in [6, 6.07) is 16.4. The highest BCUT2D eigenvalue weighted by Gasteiger charge is 2.25. The van der Waals surface area contributed by atoms with Crippen molar-refractivity contribution in [3.8, 4) is 22.8 Å². The van der Waals surface area contributed by atoms with E-state index in [1.165, 1.54) is 0 Å². The fourth-order valence-electron chi connectivity index (χ4n) is 4.17. The summed E-state index contributed by atoms with van der Waals surface area (Å²) >= 11 is 0. The van der Waals surface area contributed by atoms with Crippen molar-refractivity contribution < 1.29 is 23.8 Å². The van der Waals surface area contributed by atoms with Gasteiger partial charge in [-0.05, 0) is 42.5 Å². The maximum absolute atomic E-state index is 13.4. The minimum Gasteiger partial charge on any atom is -0.496 e. The maximum Gasteiger partial charge on any atom is 0.272 e. The van der Waals surface area contributed by atoms with Crippen molar-refractivity contribution in [2.75, 3.05) is 34.5 Å². The van der Waals surface area contributed by atoms with Crippen LogP contribution in [0.15, 0.2) is 54.6 Å². The second-order valence-corrected chi connectivity index (χ2v) is 9.36. The van der Waals surface area contributed by atoms with Crippen molar-refractivity contribution in [2.24, 2.45) is 5.92 Å². The van der Waals surface area contributed by atoms with Crippen LogP contribution in [0.5, 0.6) is 11.5 Å². The molecule has 1 heterocycles. The van der Waals surface area contributed by atoms with E-state index in [9.17, 15) is 9.59 Å². The van der Waals surface area contributed by atoms with Crippen molar-refractivity contribution in [2.45, 2.75) is 39.3 Å². The molecule has 9 nitrogen and oxygen atoms in total. The number of aryl methyl sites for hydroxylation is 1. The largest absolute Gasteiger partial charge is 0.496 e. The van der Waals surface area contributed by atoms with Gasteiger partial charge >= 0.3 is 0 Å². The molecule has 38 heavy (non-hydrogen) atoms. The Morgan fingerprint density at radius 1 is 0.974 bits per heavy atom. The molecule has 0 saturated heterocycles. The molecule has 0 aliphatic heterocycles. The summed E-state index contributed by atoms with van der Waals surface area (Å²) in [5, 5.41) is 10.4. The predicted molar refractivity (Wildman–Crippen MR) is 147 cm³/mol. The summed E-state index contributed by atoms with van der Waals surface area (Å²) in [4.78, 5) is 26.4. The number of methoxy groups -OCH3 is 3. The molecular formula is C29H38N4O5. The lowest BCUT2D eigenvalue weighted by molar-refractivity contribution is -0.123. The van der Waals surface area contributed by atoms with Crippen molar-refractivity contribution in [1.82, 2.24) is 20.4 Å². The van der Waals surface area contributed by atoms with Gasteiger partial charge in [0.1, 0.15) is 17.5 Å². The Kier molecular flexibility index (Phi) is 10.7. The third-order valence-corrected chi connectivity index (χ3v) is 6.03. The lowest BCUT2D eigenvalue weighted by Gasteiger charge is -2.18. The highest BCUT2D eigenvalue weighted by atomic mass is 16.5. The molecule has 0 aliphatic carbocycles. The van der Waals surface area contributed by atoms with Gasteiger partial charge in [0, 0.05) is 20.2 Å². The van der Waals surface area contributed by atoms with Gasteiger partial charge in [0.05, 0.1) is 32.1 Å². The Labute approximate surface area is 224 Å². The first-order valence-electron chi connectivity index (χ1n) is 12.8. The molecule has 0 fully saturated rings. The minimum atomic E-state index is -0.737. The number of aromatic nitrogens is 2. The van der Waals surface area contributed by atoms with Crippen LogP contribution in [0, 0.1) is 5.92 Å². The van der Waals surface area contributed by atoms with Gasteiger partial charge in [0.15, 0.2) is 5.69 Å². The van der Waals surface area contributed by atoms with Gasteiger partial charge in [-0.2, -0.15) is 5.10 Å². The van der Waals surface area contributed by atoms with E-state index in [2.05, 4.69) is 29.6 Å². The lowest BCUT2D eigenvalue weighted by atomic mass is 10.0. The molecule has 0 radical (unpaired) electrons. The Morgan fingerprint density at radius 2 is 1.66 bits per heavy atom. The van der Waals surface area contributed by atoms with E-state index < -0.39 is 11.9 Å². The topological polar surface area (TPSA) is 104 Å². The molecule has 0 spiro atoms. The van der Waals surface area contributed by atoms with Crippen molar-refractivity contribution >= 4 is 11.8 Å². The van der Waals surface area contributed by atoms with E-state index >= 15 is 0 Å². The summed E-state index contributed by atoms with van der Waals surface area (Å²) in [6.45, 7) is 5.48. The minimum absolute atomic E-state index is 0.211. The zero-order valence-corrected chi connectivity index (χ0v) is 22.8. The Hall–Kier alpha value is -3.85. The van der Waals surface area contributed by atoms with Crippen LogP contribution in [0.25, 0.3) is 11.3 Å². The number of benzene rings is 2. The van der Waals surface area contributed by atoms with Gasteiger partial charge in [-0.15, -0.1) is 0 Å². The average Bonchev–Trinajstić information content (AvgIpc) is 3.33. The molecule has 2 amide bonds. The number of rotatable bonds is 14. The van der Waals surface area contributed by atoms with Crippen LogP contribution in [-0.2, 0) is 22.5 Å². The Bertz CT molecular complexity index is 1170. The molecule has 3 rings (SSSR count). The number of carbonyl (C=O) groups is 2.